The van der Waals surface area contributed by atoms with Gasteiger partial charge in [0.15, 0.2) is 12.4 Å². The Morgan fingerprint density at radius 1 is 0.639 bits per heavy atom. The van der Waals surface area contributed by atoms with Gasteiger partial charge < -0.3 is 16.0 Å². The zero-order valence-corrected chi connectivity index (χ0v) is 19.4. The van der Waals surface area contributed by atoms with E-state index >= 15 is 0 Å². The number of carbonyl (C=O) groups excluding carboxylic acids is 3. The minimum Gasteiger partial charge on any atom is -0.348 e. The minimum atomic E-state index is -0.410. The Morgan fingerprint density at radius 3 is 1.47 bits per heavy atom. The average molecular weight is 482 g/mol. The first-order valence-corrected chi connectivity index (χ1v) is 11.3. The van der Waals surface area contributed by atoms with Crippen molar-refractivity contribution in [3.63, 3.8) is 0 Å². The lowest BCUT2D eigenvalue weighted by Crippen LogP contribution is -2.28. The molecule has 4 N–H and O–H groups in total. The van der Waals surface area contributed by atoms with Crippen molar-refractivity contribution in [2.45, 2.75) is 19.6 Å². The van der Waals surface area contributed by atoms with E-state index in [4.69, 9.17) is 0 Å². The number of aromatic amines is 1. The Bertz CT molecular complexity index is 1150. The lowest BCUT2D eigenvalue weighted by Gasteiger charge is -2.11. The van der Waals surface area contributed by atoms with Crippen LogP contribution in [0.2, 0.25) is 0 Å². The van der Waals surface area contributed by atoms with Crippen LogP contribution in [-0.2, 0) is 19.6 Å². The van der Waals surface area contributed by atoms with Crippen LogP contribution in [0, 0.1) is 0 Å². The first kappa shape index (κ1) is 24.2. The van der Waals surface area contributed by atoms with E-state index in [0.29, 0.717) is 0 Å². The number of rotatable bonds is 9. The number of H-pyrrole nitrogens is 1. The van der Waals surface area contributed by atoms with Crippen molar-refractivity contribution in [2.75, 3.05) is 0 Å². The van der Waals surface area contributed by atoms with Gasteiger partial charge in [-0.25, -0.2) is 4.98 Å². The monoisotopic (exact) mass is 481 g/mol. The molecule has 3 amide bonds. The van der Waals surface area contributed by atoms with Gasteiger partial charge in [0.2, 0.25) is 0 Å². The molecule has 0 aliphatic carbocycles. The highest BCUT2D eigenvalue weighted by molar-refractivity contribution is 6.04. The van der Waals surface area contributed by atoms with Crippen molar-refractivity contribution < 1.29 is 19.4 Å². The highest BCUT2D eigenvalue weighted by Gasteiger charge is 2.17. The van der Waals surface area contributed by atoms with Crippen molar-refractivity contribution in [2.24, 2.45) is 0 Å². The van der Waals surface area contributed by atoms with Crippen LogP contribution in [0.25, 0.3) is 0 Å². The Labute approximate surface area is 208 Å². The summed E-state index contributed by atoms with van der Waals surface area (Å²) in [5, 5.41) is 8.44. The summed E-state index contributed by atoms with van der Waals surface area (Å²) in [4.78, 5) is 49.8. The third-order valence-electron chi connectivity index (χ3n) is 5.30. The largest absolute Gasteiger partial charge is 0.348 e. The first-order valence-electron chi connectivity index (χ1n) is 11.3. The number of carbonyl (C=O) groups is 3. The highest BCUT2D eigenvalue weighted by Crippen LogP contribution is 2.13. The van der Waals surface area contributed by atoms with Gasteiger partial charge in [-0.3, -0.25) is 24.4 Å². The van der Waals surface area contributed by atoms with E-state index in [1.807, 2.05) is 24.3 Å². The van der Waals surface area contributed by atoms with E-state index < -0.39 is 17.7 Å². The van der Waals surface area contributed by atoms with E-state index in [1.54, 1.807) is 49.3 Å². The van der Waals surface area contributed by atoms with Crippen LogP contribution < -0.4 is 20.9 Å². The van der Waals surface area contributed by atoms with Gasteiger partial charge >= 0.3 is 0 Å². The zero-order valence-electron chi connectivity index (χ0n) is 19.4. The van der Waals surface area contributed by atoms with Gasteiger partial charge in [-0.05, 0) is 47.5 Å². The number of pyridine rings is 3. The number of benzene rings is 1. The maximum absolute atomic E-state index is 12.9. The molecule has 0 spiro atoms. The number of hydrogen-bond donors (Lipinski definition) is 3. The van der Waals surface area contributed by atoms with Crippen molar-refractivity contribution in [3.05, 3.63) is 125 Å². The summed E-state index contributed by atoms with van der Waals surface area (Å²) in [6.45, 7) is 0.808. The molecule has 0 radical (unpaired) electrons. The number of nitrogens with one attached hydrogen (secondary N) is 4. The summed E-state index contributed by atoms with van der Waals surface area (Å²) in [7, 11) is 0. The lowest BCUT2D eigenvalue weighted by molar-refractivity contribution is -0.378. The molecule has 0 saturated carbocycles. The van der Waals surface area contributed by atoms with Gasteiger partial charge in [0.25, 0.3) is 17.7 Å². The lowest BCUT2D eigenvalue weighted by atomic mass is 10.0. The molecule has 0 aliphatic heterocycles. The third kappa shape index (κ3) is 6.80. The summed E-state index contributed by atoms with van der Waals surface area (Å²) in [5.41, 5.74) is 3.14. The van der Waals surface area contributed by atoms with Crippen molar-refractivity contribution in [1.29, 1.82) is 0 Å². The molecule has 0 bridgehead atoms. The predicted octanol–water partition coefficient (Wildman–Crippen LogP) is 2.08. The van der Waals surface area contributed by atoms with Crippen molar-refractivity contribution in [1.82, 2.24) is 25.9 Å². The molecule has 4 rings (SSSR count). The van der Waals surface area contributed by atoms with Crippen LogP contribution in [0.1, 0.15) is 47.8 Å². The Balaban J connectivity index is 1.52. The quantitative estimate of drug-likeness (QED) is 0.337. The Kier molecular flexibility index (Phi) is 8.06. The molecule has 0 atom stereocenters. The molecule has 0 aliphatic rings. The molecule has 9 nitrogen and oxygen atoms in total. The van der Waals surface area contributed by atoms with Crippen LogP contribution in [-0.4, -0.2) is 27.7 Å². The highest BCUT2D eigenvalue weighted by atomic mass is 16.2. The molecule has 0 fully saturated rings. The zero-order chi connectivity index (χ0) is 25.2. The second-order valence-electron chi connectivity index (χ2n) is 7.98. The molecule has 180 valence electrons. The molecular formula is C27H25N6O3+. The Hall–Kier alpha value is -4.92. The fraction of sp³-hybridized carbons (Fsp3) is 0.111. The van der Waals surface area contributed by atoms with Gasteiger partial charge in [0.1, 0.15) is 0 Å². The topological polar surface area (TPSA) is 127 Å². The normalized spacial score (nSPS) is 10.3. The fourth-order valence-electron chi connectivity index (χ4n) is 3.42. The van der Waals surface area contributed by atoms with Crippen LogP contribution in [0.15, 0.2) is 91.8 Å². The summed E-state index contributed by atoms with van der Waals surface area (Å²) < 4.78 is 0. The molecule has 36 heavy (non-hydrogen) atoms. The van der Waals surface area contributed by atoms with E-state index in [2.05, 4.69) is 30.9 Å². The maximum atomic E-state index is 12.9. The van der Waals surface area contributed by atoms with Gasteiger partial charge in [-0.15, -0.1) is 0 Å². The van der Waals surface area contributed by atoms with Gasteiger partial charge in [-0.2, -0.15) is 0 Å². The summed E-state index contributed by atoms with van der Waals surface area (Å²) in [5.74, 6) is -1.22. The molecule has 3 aromatic heterocycles. The maximum Gasteiger partial charge on any atom is 0.251 e. The second-order valence-corrected chi connectivity index (χ2v) is 7.98. The molecular weight excluding hydrogens is 456 g/mol. The number of aromatic nitrogens is 3. The standard InChI is InChI=1S/C27H24N6O3/c34-25(31-16-19-4-1-7-28-13-19)22-10-23(26(35)32-17-20-5-2-8-29-14-20)12-24(11-22)27(36)33-18-21-6-3-9-30-15-21/h1-15H,16-18H2,(H,31,34)(H,32,35)(H,33,36)/p+1. The van der Waals surface area contributed by atoms with Gasteiger partial charge in [-0.1, -0.05) is 12.1 Å². The average Bonchev–Trinajstić information content (AvgIpc) is 2.94. The summed E-state index contributed by atoms with van der Waals surface area (Å²) in [6.07, 6.45) is 10.2. The van der Waals surface area contributed by atoms with Crippen LogP contribution in [0.3, 0.4) is 0 Å². The van der Waals surface area contributed by atoms with E-state index in [0.717, 1.165) is 16.7 Å². The van der Waals surface area contributed by atoms with E-state index in [-0.39, 0.29) is 36.3 Å². The predicted molar refractivity (Wildman–Crippen MR) is 131 cm³/mol. The van der Waals surface area contributed by atoms with E-state index in [9.17, 15) is 14.4 Å². The molecule has 9 heteroatoms. The van der Waals surface area contributed by atoms with Crippen molar-refractivity contribution in [3.8, 4) is 0 Å². The Morgan fingerprint density at radius 2 is 1.08 bits per heavy atom. The van der Waals surface area contributed by atoms with Crippen molar-refractivity contribution >= 4 is 17.7 Å². The van der Waals surface area contributed by atoms with Crippen LogP contribution >= 0.6 is 0 Å². The molecule has 0 unspecified atom stereocenters. The van der Waals surface area contributed by atoms with Crippen LogP contribution in [0.5, 0.6) is 0 Å². The first-order chi connectivity index (χ1) is 17.6. The molecule has 0 saturated heterocycles. The number of hydrogen-bond acceptors (Lipinski definition) is 5. The number of nitrogens with zero attached hydrogens (tertiary/aromatic N) is 2. The van der Waals surface area contributed by atoms with Gasteiger partial charge in [0.05, 0.1) is 0 Å². The fourth-order valence-corrected chi connectivity index (χ4v) is 3.42. The molecule has 1 aromatic carbocycles. The second kappa shape index (κ2) is 12.0. The minimum absolute atomic E-state index is 0.200. The SMILES string of the molecule is O=C(NCc1cccnc1)c1cc(C(=O)NCc2cccnc2)cc(C(=O)NCc2ccc[nH+]c2)c1. The number of amides is 3. The summed E-state index contributed by atoms with van der Waals surface area (Å²) >= 11 is 0. The van der Waals surface area contributed by atoms with E-state index in [1.165, 1.54) is 18.2 Å². The third-order valence-corrected chi connectivity index (χ3v) is 5.30. The van der Waals surface area contributed by atoms with Crippen LogP contribution in [0.4, 0.5) is 0 Å². The smallest absolute Gasteiger partial charge is 0.251 e. The molecule has 3 heterocycles. The van der Waals surface area contributed by atoms with Gasteiger partial charge in [0, 0.05) is 72.7 Å². The summed E-state index contributed by atoms with van der Waals surface area (Å²) in [6, 6.07) is 15.4. The molecule has 4 aromatic rings.